The first-order valence-corrected chi connectivity index (χ1v) is 6.39. The minimum atomic E-state index is -1.12. The summed E-state index contributed by atoms with van der Waals surface area (Å²) >= 11 is 0. The quantitative estimate of drug-likeness (QED) is 0.659. The van der Waals surface area contributed by atoms with Crippen LogP contribution in [0.2, 0.25) is 0 Å². The highest BCUT2D eigenvalue weighted by Gasteiger charge is 2.45. The smallest absolute Gasteiger partial charge is 0.311 e. The molecule has 0 amide bonds. The fourth-order valence-corrected chi connectivity index (χ4v) is 2.63. The summed E-state index contributed by atoms with van der Waals surface area (Å²) in [6.45, 7) is 1.52. The minimum absolute atomic E-state index is 0.399. The Hall–Kier alpha value is -2.25. The average molecular weight is 300 g/mol. The molecule has 0 saturated heterocycles. The highest BCUT2D eigenvalue weighted by Crippen LogP contribution is 2.40. The normalized spacial score (nSPS) is 24.8. The van der Waals surface area contributed by atoms with Crippen LogP contribution in [0, 0.1) is 27.2 Å². The number of hydrogen-bond donors (Lipinski definition) is 2. The molecular weight excluding hydrogens is 286 g/mol. The molecule has 2 unspecified atom stereocenters. The van der Waals surface area contributed by atoms with Gasteiger partial charge in [-0.25, -0.2) is 8.78 Å². The second-order valence-electron chi connectivity index (χ2n) is 5.35. The molecule has 1 aliphatic rings. The number of carbonyl (C=O) groups is 1. The number of rotatable bonds is 4. The van der Waals surface area contributed by atoms with Gasteiger partial charge in [0.2, 0.25) is 0 Å². The highest BCUT2D eigenvalue weighted by atomic mass is 19.1. The average Bonchev–Trinajstić information content (AvgIpc) is 2.76. The summed E-state index contributed by atoms with van der Waals surface area (Å²) in [5.74, 6) is -3.26. The van der Waals surface area contributed by atoms with Crippen molar-refractivity contribution in [1.29, 1.82) is 0 Å². The Kier molecular flexibility index (Phi) is 3.80. The van der Waals surface area contributed by atoms with Crippen LogP contribution in [0.1, 0.15) is 26.2 Å². The Morgan fingerprint density at radius 1 is 1.48 bits per heavy atom. The fourth-order valence-electron chi connectivity index (χ4n) is 2.63. The van der Waals surface area contributed by atoms with Crippen LogP contribution in [0.4, 0.5) is 20.2 Å². The Balaban J connectivity index is 2.32. The predicted molar refractivity (Wildman–Crippen MR) is 70.0 cm³/mol. The molecule has 1 saturated carbocycles. The van der Waals surface area contributed by atoms with Crippen molar-refractivity contribution in [3.05, 3.63) is 33.9 Å². The topological polar surface area (TPSA) is 92.5 Å². The van der Waals surface area contributed by atoms with Crippen LogP contribution in [-0.4, -0.2) is 22.0 Å². The van der Waals surface area contributed by atoms with Gasteiger partial charge in [0.15, 0.2) is 11.6 Å². The zero-order valence-corrected chi connectivity index (χ0v) is 11.2. The Morgan fingerprint density at radius 2 is 2.05 bits per heavy atom. The van der Waals surface area contributed by atoms with Gasteiger partial charge in [0, 0.05) is 6.04 Å². The summed E-state index contributed by atoms with van der Waals surface area (Å²) < 4.78 is 27.6. The molecule has 114 valence electrons. The SMILES string of the molecule is CC1(C(=O)O)CCCC1Nc1c(F)cc([N+](=O)[O-])cc1F. The van der Waals surface area contributed by atoms with Crippen LogP contribution in [0.5, 0.6) is 0 Å². The Morgan fingerprint density at radius 3 is 2.52 bits per heavy atom. The summed E-state index contributed by atoms with van der Waals surface area (Å²) in [7, 11) is 0. The van der Waals surface area contributed by atoms with Crippen molar-refractivity contribution in [3.63, 3.8) is 0 Å². The number of hydrogen-bond acceptors (Lipinski definition) is 4. The number of carboxylic acid groups (broad SMARTS) is 1. The summed E-state index contributed by atoms with van der Waals surface area (Å²) in [5, 5.41) is 22.3. The van der Waals surface area contributed by atoms with E-state index in [4.69, 9.17) is 0 Å². The van der Waals surface area contributed by atoms with E-state index >= 15 is 0 Å². The monoisotopic (exact) mass is 300 g/mol. The molecule has 0 heterocycles. The van der Waals surface area contributed by atoms with Gasteiger partial charge in [-0.3, -0.25) is 14.9 Å². The van der Waals surface area contributed by atoms with Crippen LogP contribution in [0.3, 0.4) is 0 Å². The molecule has 8 heteroatoms. The van der Waals surface area contributed by atoms with Gasteiger partial charge in [0.25, 0.3) is 5.69 Å². The summed E-state index contributed by atoms with van der Waals surface area (Å²) in [6, 6.07) is 0.581. The molecule has 1 fully saturated rings. The largest absolute Gasteiger partial charge is 0.481 e. The van der Waals surface area contributed by atoms with Gasteiger partial charge in [-0.2, -0.15) is 0 Å². The van der Waals surface area contributed by atoms with Gasteiger partial charge < -0.3 is 10.4 Å². The second-order valence-corrected chi connectivity index (χ2v) is 5.35. The molecule has 0 bridgehead atoms. The molecule has 1 aromatic carbocycles. The Bertz CT molecular complexity index is 585. The maximum atomic E-state index is 13.8. The molecule has 2 atom stereocenters. The van der Waals surface area contributed by atoms with Crippen LogP contribution >= 0.6 is 0 Å². The van der Waals surface area contributed by atoms with Crippen molar-refractivity contribution < 1.29 is 23.6 Å². The third kappa shape index (κ3) is 2.65. The van der Waals surface area contributed by atoms with E-state index in [1.807, 2.05) is 0 Å². The molecule has 1 aromatic rings. The van der Waals surface area contributed by atoms with Crippen molar-refractivity contribution in [2.45, 2.75) is 32.2 Å². The second kappa shape index (κ2) is 5.27. The van der Waals surface area contributed by atoms with E-state index in [0.29, 0.717) is 31.4 Å². The maximum absolute atomic E-state index is 13.8. The zero-order valence-electron chi connectivity index (χ0n) is 11.2. The minimum Gasteiger partial charge on any atom is -0.481 e. The van der Waals surface area contributed by atoms with E-state index in [0.717, 1.165) is 0 Å². The number of nitrogens with one attached hydrogen (secondary N) is 1. The number of aliphatic carboxylic acids is 1. The first-order chi connectivity index (χ1) is 9.75. The molecule has 0 spiro atoms. The molecule has 2 rings (SSSR count). The summed E-state index contributed by atoms with van der Waals surface area (Å²) in [4.78, 5) is 21.0. The lowest BCUT2D eigenvalue weighted by Crippen LogP contribution is -2.40. The lowest BCUT2D eigenvalue weighted by molar-refractivity contribution is -0.385. The van der Waals surface area contributed by atoms with Gasteiger partial charge in [0.05, 0.1) is 22.5 Å². The molecule has 0 radical (unpaired) electrons. The van der Waals surface area contributed by atoms with Crippen molar-refractivity contribution >= 4 is 17.3 Å². The predicted octanol–water partition coefficient (Wildman–Crippen LogP) is 2.93. The van der Waals surface area contributed by atoms with Gasteiger partial charge in [-0.05, 0) is 19.8 Å². The molecule has 0 aromatic heterocycles. The standard InChI is InChI=1S/C13H14F2N2O4/c1-13(12(18)19)4-2-3-10(13)16-11-8(14)5-7(17(20)21)6-9(11)15/h5-6,10,16H,2-4H2,1H3,(H,18,19). The fraction of sp³-hybridized carbons (Fsp3) is 0.462. The number of anilines is 1. The lowest BCUT2D eigenvalue weighted by Gasteiger charge is -2.28. The molecule has 0 aliphatic heterocycles. The van der Waals surface area contributed by atoms with Crippen LogP contribution in [-0.2, 0) is 4.79 Å². The molecule has 6 nitrogen and oxygen atoms in total. The van der Waals surface area contributed by atoms with E-state index < -0.39 is 45.4 Å². The third-order valence-corrected chi connectivity index (χ3v) is 4.00. The van der Waals surface area contributed by atoms with Gasteiger partial charge in [0.1, 0.15) is 5.69 Å². The molecular formula is C13H14F2N2O4. The van der Waals surface area contributed by atoms with Crippen LogP contribution in [0.15, 0.2) is 12.1 Å². The summed E-state index contributed by atoms with van der Waals surface area (Å²) in [5.41, 5.74) is -2.34. The first-order valence-electron chi connectivity index (χ1n) is 6.39. The molecule has 1 aliphatic carbocycles. The number of nitrogens with zero attached hydrogens (tertiary/aromatic N) is 1. The molecule has 2 N–H and O–H groups in total. The van der Waals surface area contributed by atoms with Crippen LogP contribution < -0.4 is 5.32 Å². The first kappa shape index (κ1) is 15.1. The number of carboxylic acids is 1. The zero-order chi connectivity index (χ0) is 15.8. The van der Waals surface area contributed by atoms with E-state index in [1.54, 1.807) is 0 Å². The van der Waals surface area contributed by atoms with Crippen molar-refractivity contribution in [1.82, 2.24) is 0 Å². The lowest BCUT2D eigenvalue weighted by atomic mass is 9.85. The third-order valence-electron chi connectivity index (χ3n) is 4.00. The summed E-state index contributed by atoms with van der Waals surface area (Å²) in [6.07, 6.45) is 1.48. The number of halogens is 2. The van der Waals surface area contributed by atoms with E-state index in [2.05, 4.69) is 5.32 Å². The number of nitro benzene ring substituents is 1. The number of non-ortho nitro benzene ring substituents is 1. The number of nitro groups is 1. The van der Waals surface area contributed by atoms with Gasteiger partial charge in [-0.1, -0.05) is 6.42 Å². The highest BCUT2D eigenvalue weighted by molar-refractivity contribution is 5.76. The van der Waals surface area contributed by atoms with Crippen molar-refractivity contribution in [2.24, 2.45) is 5.41 Å². The van der Waals surface area contributed by atoms with E-state index in [9.17, 15) is 28.8 Å². The van der Waals surface area contributed by atoms with Crippen molar-refractivity contribution in [3.8, 4) is 0 Å². The van der Waals surface area contributed by atoms with Crippen LogP contribution in [0.25, 0.3) is 0 Å². The Labute approximate surface area is 118 Å². The molecule has 21 heavy (non-hydrogen) atoms. The van der Waals surface area contributed by atoms with Gasteiger partial charge in [-0.15, -0.1) is 0 Å². The van der Waals surface area contributed by atoms with Crippen molar-refractivity contribution in [2.75, 3.05) is 5.32 Å². The van der Waals surface area contributed by atoms with E-state index in [1.165, 1.54) is 6.92 Å². The maximum Gasteiger partial charge on any atom is 0.311 e. The number of benzene rings is 1. The van der Waals surface area contributed by atoms with Gasteiger partial charge >= 0.3 is 5.97 Å². The van der Waals surface area contributed by atoms with E-state index in [-0.39, 0.29) is 0 Å².